The number of nitrogens with zero attached hydrogens (tertiary/aromatic N) is 5. The standard InChI is InChI=1S/C31H40N4O.C29H35N3O/c1-24-9-14-30-28(21-24)22-25(2)35(30)29-12-10-27(11-13-29)31(36)32-15-6-16-33-17-19-34(20-18-33)23-26-7-4-3-5-8-26;33-29(30-18-9-21-31-19-7-2-8-20-31)24-14-16-26(17-15-24)32-27-13-6-5-12-25(27)22-28(32)23-10-3-1-4-11-23/h3-5,7-8,10-13,22,24H,6,9,14-21,23H2,1-2H3,(H,32,36);1,3-4,10-11,14-17,22H,2,5-9,12-13,18-21H2,(H,30,33). The van der Waals surface area contributed by atoms with Crippen LogP contribution in [-0.4, -0.2) is 101 Å². The highest BCUT2D eigenvalue weighted by molar-refractivity contribution is 5.95. The summed E-state index contributed by atoms with van der Waals surface area (Å²) < 4.78 is 4.78. The molecule has 362 valence electrons. The van der Waals surface area contributed by atoms with Gasteiger partial charge < -0.3 is 29.6 Å². The Morgan fingerprint density at radius 1 is 0.551 bits per heavy atom. The minimum Gasteiger partial charge on any atom is -0.352 e. The van der Waals surface area contributed by atoms with Crippen LogP contribution >= 0.6 is 0 Å². The number of nitrogens with one attached hydrogen (secondary N) is 2. The molecule has 2 fully saturated rings. The Bertz CT molecular complexity index is 2570. The van der Waals surface area contributed by atoms with Gasteiger partial charge in [-0.1, -0.05) is 74.0 Å². The second-order valence-corrected chi connectivity index (χ2v) is 20.2. The van der Waals surface area contributed by atoms with E-state index in [2.05, 4.69) is 145 Å². The minimum absolute atomic E-state index is 0.0225. The van der Waals surface area contributed by atoms with Gasteiger partial charge in [-0.15, -0.1) is 0 Å². The van der Waals surface area contributed by atoms with Gasteiger partial charge in [0.25, 0.3) is 11.8 Å². The van der Waals surface area contributed by atoms with E-state index in [1.165, 1.54) is 103 Å². The van der Waals surface area contributed by atoms with E-state index >= 15 is 0 Å². The zero-order valence-electron chi connectivity index (χ0n) is 41.4. The first kappa shape index (κ1) is 48.3. The van der Waals surface area contributed by atoms with Crippen LogP contribution in [0, 0.1) is 12.8 Å². The molecule has 2 aliphatic heterocycles. The molecule has 1 unspecified atom stereocenters. The Morgan fingerprint density at radius 2 is 1.10 bits per heavy atom. The molecular weight excluding hydrogens is 851 g/mol. The summed E-state index contributed by atoms with van der Waals surface area (Å²) in [6.07, 6.45) is 14.3. The number of amides is 2. The molecule has 4 aliphatic rings. The number of likely N-dealkylation sites (tertiary alicyclic amines) is 1. The number of benzene rings is 4. The van der Waals surface area contributed by atoms with Crippen LogP contribution in [0.2, 0.25) is 0 Å². The van der Waals surface area contributed by atoms with E-state index in [1.54, 1.807) is 0 Å². The summed E-state index contributed by atoms with van der Waals surface area (Å²) in [5.41, 5.74) is 14.8. The minimum atomic E-state index is 0.0225. The second-order valence-electron chi connectivity index (χ2n) is 20.2. The van der Waals surface area contributed by atoms with Crippen LogP contribution in [0.4, 0.5) is 0 Å². The molecule has 2 aromatic heterocycles. The average Bonchev–Trinajstić information content (AvgIpc) is 3.95. The monoisotopic (exact) mass is 926 g/mol. The van der Waals surface area contributed by atoms with Gasteiger partial charge in [0.05, 0.1) is 5.69 Å². The van der Waals surface area contributed by atoms with Gasteiger partial charge in [0.2, 0.25) is 0 Å². The normalized spacial score (nSPS) is 17.6. The summed E-state index contributed by atoms with van der Waals surface area (Å²) in [7, 11) is 0. The lowest BCUT2D eigenvalue weighted by atomic mass is 9.89. The summed E-state index contributed by atoms with van der Waals surface area (Å²) in [5, 5.41) is 6.23. The average molecular weight is 926 g/mol. The third kappa shape index (κ3) is 12.5. The van der Waals surface area contributed by atoms with Gasteiger partial charge in [0.1, 0.15) is 0 Å². The quantitative estimate of drug-likeness (QED) is 0.100. The van der Waals surface area contributed by atoms with Crippen LogP contribution in [0.1, 0.15) is 113 Å². The first-order valence-corrected chi connectivity index (χ1v) is 26.3. The zero-order chi connectivity index (χ0) is 47.4. The number of aromatic nitrogens is 2. The molecule has 10 rings (SSSR count). The molecule has 69 heavy (non-hydrogen) atoms. The smallest absolute Gasteiger partial charge is 0.251 e. The van der Waals surface area contributed by atoms with Crippen molar-refractivity contribution >= 4 is 11.8 Å². The topological polar surface area (TPSA) is 77.8 Å². The van der Waals surface area contributed by atoms with Crippen molar-refractivity contribution in [3.63, 3.8) is 0 Å². The lowest BCUT2D eigenvalue weighted by Gasteiger charge is -2.34. The summed E-state index contributed by atoms with van der Waals surface area (Å²) in [4.78, 5) is 33.0. The first-order valence-electron chi connectivity index (χ1n) is 26.3. The van der Waals surface area contributed by atoms with Gasteiger partial charge >= 0.3 is 0 Å². The molecular formula is C60H75N7O2. The Morgan fingerprint density at radius 3 is 1.74 bits per heavy atom. The molecule has 2 amide bonds. The van der Waals surface area contributed by atoms with Crippen molar-refractivity contribution in [1.82, 2.24) is 34.5 Å². The highest BCUT2D eigenvalue weighted by atomic mass is 16.2. The Balaban J connectivity index is 0.000000172. The van der Waals surface area contributed by atoms with Gasteiger partial charge in [0, 0.05) is 85.4 Å². The van der Waals surface area contributed by atoms with Crippen LogP contribution < -0.4 is 10.6 Å². The lowest BCUT2D eigenvalue weighted by molar-refractivity contribution is 0.0940. The maximum atomic E-state index is 12.7. The van der Waals surface area contributed by atoms with E-state index in [1.807, 2.05) is 24.3 Å². The first-order chi connectivity index (χ1) is 33.9. The molecule has 0 saturated carbocycles. The molecule has 0 spiro atoms. The van der Waals surface area contributed by atoms with Crippen LogP contribution in [0.15, 0.2) is 121 Å². The molecule has 9 heteroatoms. The fraction of sp³-hybridized carbons (Fsp3) is 0.433. The molecule has 0 bridgehead atoms. The molecule has 6 aromatic rings. The SMILES string of the molecule is Cc1cc2c(n1-c1ccc(C(=O)NCCCN3CCN(Cc4ccccc4)CC3)cc1)CCC(C)C2.O=C(NCCCN1CCCCC1)c1ccc(-n2c(-c3ccccc3)cc3c2CCCC3)cc1. The van der Waals surface area contributed by atoms with Crippen molar-refractivity contribution in [3.8, 4) is 22.6 Å². The van der Waals surface area contributed by atoms with E-state index in [-0.39, 0.29) is 11.8 Å². The van der Waals surface area contributed by atoms with Crippen molar-refractivity contribution in [2.75, 3.05) is 65.4 Å². The molecule has 2 N–H and O–H groups in total. The number of fused-ring (bicyclic) bond motifs is 2. The largest absolute Gasteiger partial charge is 0.352 e. The summed E-state index contributed by atoms with van der Waals surface area (Å²) in [5.74, 6) is 0.815. The molecule has 4 heterocycles. The Hall–Kier alpha value is -5.74. The highest BCUT2D eigenvalue weighted by Gasteiger charge is 2.23. The third-order valence-corrected chi connectivity index (χ3v) is 15.0. The van der Waals surface area contributed by atoms with E-state index in [4.69, 9.17) is 0 Å². The maximum absolute atomic E-state index is 12.7. The summed E-state index contributed by atoms with van der Waals surface area (Å²) in [6.45, 7) is 16.0. The van der Waals surface area contributed by atoms with Crippen molar-refractivity contribution < 1.29 is 9.59 Å². The molecule has 0 radical (unpaired) electrons. The van der Waals surface area contributed by atoms with Crippen LogP contribution in [0.5, 0.6) is 0 Å². The highest BCUT2D eigenvalue weighted by Crippen LogP contribution is 2.34. The van der Waals surface area contributed by atoms with Crippen molar-refractivity contribution in [1.29, 1.82) is 0 Å². The van der Waals surface area contributed by atoms with E-state index in [0.717, 1.165) is 113 Å². The van der Waals surface area contributed by atoms with E-state index in [9.17, 15) is 9.59 Å². The Kier molecular flexibility index (Phi) is 16.6. The number of carbonyl (C=O) groups is 2. The van der Waals surface area contributed by atoms with Crippen molar-refractivity contribution in [2.45, 2.75) is 97.4 Å². The Labute approximate surface area is 411 Å². The third-order valence-electron chi connectivity index (χ3n) is 15.0. The van der Waals surface area contributed by atoms with E-state index < -0.39 is 0 Å². The van der Waals surface area contributed by atoms with Gasteiger partial charge in [0.15, 0.2) is 0 Å². The molecule has 1 atom stereocenters. The predicted molar refractivity (Wildman–Crippen MR) is 282 cm³/mol. The summed E-state index contributed by atoms with van der Waals surface area (Å²) in [6, 6.07) is 42.3. The number of piperidine rings is 1. The molecule has 4 aromatic carbocycles. The number of piperazine rings is 1. The van der Waals surface area contributed by atoms with Gasteiger partial charge in [-0.3, -0.25) is 14.5 Å². The maximum Gasteiger partial charge on any atom is 0.251 e. The van der Waals surface area contributed by atoms with Crippen molar-refractivity contribution in [2.24, 2.45) is 5.92 Å². The predicted octanol–water partition coefficient (Wildman–Crippen LogP) is 10.5. The fourth-order valence-electron chi connectivity index (χ4n) is 11.2. The number of aryl methyl sites for hydroxylation is 2. The molecule has 2 aliphatic carbocycles. The zero-order valence-corrected chi connectivity index (χ0v) is 41.4. The van der Waals surface area contributed by atoms with Crippen LogP contribution in [0.3, 0.4) is 0 Å². The van der Waals surface area contributed by atoms with Gasteiger partial charge in [-0.25, -0.2) is 0 Å². The number of rotatable bonds is 15. The summed E-state index contributed by atoms with van der Waals surface area (Å²) >= 11 is 0. The number of hydrogen-bond donors (Lipinski definition) is 2. The molecule has 9 nitrogen and oxygen atoms in total. The van der Waals surface area contributed by atoms with Crippen LogP contribution in [0.25, 0.3) is 22.6 Å². The number of carbonyl (C=O) groups excluding carboxylic acids is 2. The van der Waals surface area contributed by atoms with Gasteiger partial charge in [-0.2, -0.15) is 0 Å². The van der Waals surface area contributed by atoms with Crippen molar-refractivity contribution in [3.05, 3.63) is 166 Å². The van der Waals surface area contributed by atoms with Crippen LogP contribution in [-0.2, 0) is 32.2 Å². The fourth-order valence-corrected chi connectivity index (χ4v) is 11.2. The lowest BCUT2D eigenvalue weighted by Crippen LogP contribution is -2.46. The number of hydrogen-bond acceptors (Lipinski definition) is 5. The molecule has 2 saturated heterocycles. The van der Waals surface area contributed by atoms with E-state index in [0.29, 0.717) is 6.54 Å². The second kappa shape index (κ2) is 23.7. The van der Waals surface area contributed by atoms with Gasteiger partial charge in [-0.05, 0) is 193 Å².